The lowest BCUT2D eigenvalue weighted by Crippen LogP contribution is -2.32. The van der Waals surface area contributed by atoms with Gasteiger partial charge in [0.25, 0.3) is 11.5 Å². The van der Waals surface area contributed by atoms with Gasteiger partial charge in [0.05, 0.1) is 35.8 Å². The van der Waals surface area contributed by atoms with E-state index in [-0.39, 0.29) is 23.5 Å². The molecule has 0 radical (unpaired) electrons. The van der Waals surface area contributed by atoms with Gasteiger partial charge < -0.3 is 14.6 Å². The second kappa shape index (κ2) is 9.20. The smallest absolute Gasteiger partial charge is 0.278 e. The zero-order valence-electron chi connectivity index (χ0n) is 18.7. The van der Waals surface area contributed by atoms with Gasteiger partial charge in [-0.15, -0.1) is 0 Å². The number of ether oxygens (including phenoxy) is 1. The Morgan fingerprint density at radius 2 is 1.97 bits per heavy atom. The molecule has 1 aliphatic heterocycles. The van der Waals surface area contributed by atoms with Gasteiger partial charge in [0.15, 0.2) is 0 Å². The maximum absolute atomic E-state index is 14.5. The van der Waals surface area contributed by atoms with Crippen LogP contribution in [0.5, 0.6) is 0 Å². The molecule has 3 rings (SSSR count). The number of rotatable bonds is 7. The van der Waals surface area contributed by atoms with Crippen LogP contribution in [0.4, 0.5) is 15.8 Å². The van der Waals surface area contributed by atoms with Gasteiger partial charge in [-0.3, -0.25) is 14.4 Å². The van der Waals surface area contributed by atoms with Crippen molar-refractivity contribution in [1.29, 1.82) is 0 Å². The number of benzene rings is 1. The van der Waals surface area contributed by atoms with Crippen LogP contribution in [0.2, 0.25) is 0 Å². The molecule has 1 aliphatic rings. The number of carbonyl (C=O) groups excluding carboxylic acids is 1. The van der Waals surface area contributed by atoms with Crippen molar-refractivity contribution < 1.29 is 18.8 Å². The highest BCUT2D eigenvalue weighted by Gasteiger charge is 2.27. The number of hydroxylamine groups is 1. The van der Waals surface area contributed by atoms with Crippen LogP contribution in [-0.4, -0.2) is 29.3 Å². The topological polar surface area (TPSA) is 81.6 Å². The van der Waals surface area contributed by atoms with E-state index >= 15 is 0 Å². The van der Waals surface area contributed by atoms with Gasteiger partial charge in [-0.05, 0) is 65.2 Å². The number of carbonyl (C=O) groups is 1. The van der Waals surface area contributed by atoms with E-state index in [9.17, 15) is 14.0 Å². The molecule has 1 amide bonds. The van der Waals surface area contributed by atoms with Gasteiger partial charge >= 0.3 is 0 Å². The monoisotopic (exact) mass is 431 g/mol. The van der Waals surface area contributed by atoms with Gasteiger partial charge in [-0.2, -0.15) is 0 Å². The molecule has 8 heteroatoms. The van der Waals surface area contributed by atoms with Crippen LogP contribution in [0, 0.1) is 19.7 Å². The SMILES string of the molecule is Cc1ccc(Nc2c(C(=O)NOCCOC(C)(C)C)c3n(c(=O)c2C)CCC3)c(F)c1. The van der Waals surface area contributed by atoms with Gasteiger partial charge in [-0.1, -0.05) is 6.07 Å². The van der Waals surface area contributed by atoms with Crippen molar-refractivity contribution in [3.63, 3.8) is 0 Å². The first-order valence-corrected chi connectivity index (χ1v) is 10.4. The molecule has 168 valence electrons. The van der Waals surface area contributed by atoms with Gasteiger partial charge in [0.2, 0.25) is 0 Å². The van der Waals surface area contributed by atoms with Crippen molar-refractivity contribution in [2.75, 3.05) is 18.5 Å². The third kappa shape index (κ3) is 5.32. The van der Waals surface area contributed by atoms with Crippen molar-refractivity contribution in [3.8, 4) is 0 Å². The summed E-state index contributed by atoms with van der Waals surface area (Å²) in [5.74, 6) is -0.943. The third-order valence-electron chi connectivity index (χ3n) is 5.10. The Morgan fingerprint density at radius 1 is 1.23 bits per heavy atom. The molecule has 0 saturated heterocycles. The molecular weight excluding hydrogens is 401 g/mol. The van der Waals surface area contributed by atoms with Crippen LogP contribution in [0.3, 0.4) is 0 Å². The minimum atomic E-state index is -0.487. The lowest BCUT2D eigenvalue weighted by Gasteiger charge is -2.20. The zero-order valence-corrected chi connectivity index (χ0v) is 18.7. The Kier molecular flexibility index (Phi) is 6.81. The predicted octanol–water partition coefficient (Wildman–Crippen LogP) is 3.77. The van der Waals surface area contributed by atoms with Crippen molar-refractivity contribution in [2.45, 2.75) is 59.6 Å². The van der Waals surface area contributed by atoms with Crippen LogP contribution in [-0.2, 0) is 22.5 Å². The average molecular weight is 432 g/mol. The van der Waals surface area contributed by atoms with Crippen LogP contribution in [0.15, 0.2) is 23.0 Å². The van der Waals surface area contributed by atoms with Crippen molar-refractivity contribution in [3.05, 3.63) is 56.8 Å². The molecule has 1 aromatic heterocycles. The Labute approximate surface area is 181 Å². The fourth-order valence-electron chi connectivity index (χ4n) is 3.61. The molecule has 2 aromatic rings. The van der Waals surface area contributed by atoms with E-state index in [0.29, 0.717) is 42.1 Å². The van der Waals surface area contributed by atoms with E-state index in [1.807, 2.05) is 20.8 Å². The number of anilines is 2. The summed E-state index contributed by atoms with van der Waals surface area (Å²) in [5.41, 5.74) is 4.50. The molecule has 0 saturated carbocycles. The van der Waals surface area contributed by atoms with Crippen LogP contribution in [0.25, 0.3) is 0 Å². The largest absolute Gasteiger partial charge is 0.373 e. The molecule has 7 nitrogen and oxygen atoms in total. The molecule has 0 bridgehead atoms. The first kappa shape index (κ1) is 23.0. The Balaban J connectivity index is 1.89. The normalized spacial score (nSPS) is 13.2. The number of hydrogen-bond donors (Lipinski definition) is 2. The number of pyridine rings is 1. The highest BCUT2D eigenvalue weighted by molar-refractivity contribution is 6.01. The van der Waals surface area contributed by atoms with E-state index < -0.39 is 11.7 Å². The number of nitrogens with zero attached hydrogens (tertiary/aromatic N) is 1. The summed E-state index contributed by atoms with van der Waals surface area (Å²) >= 11 is 0. The maximum Gasteiger partial charge on any atom is 0.278 e. The second-order valence-corrected chi connectivity index (χ2v) is 8.73. The van der Waals surface area contributed by atoms with E-state index in [4.69, 9.17) is 9.57 Å². The molecule has 2 N–H and O–H groups in total. The molecule has 2 heterocycles. The number of amides is 1. The van der Waals surface area contributed by atoms with Gasteiger partial charge in [0.1, 0.15) is 5.82 Å². The molecule has 0 atom stereocenters. The Hall–Kier alpha value is -2.71. The molecule has 0 fully saturated rings. The predicted molar refractivity (Wildman–Crippen MR) is 117 cm³/mol. The van der Waals surface area contributed by atoms with Gasteiger partial charge in [-0.25, -0.2) is 9.87 Å². The van der Waals surface area contributed by atoms with E-state index in [1.165, 1.54) is 6.07 Å². The van der Waals surface area contributed by atoms with Crippen LogP contribution < -0.4 is 16.4 Å². The van der Waals surface area contributed by atoms with Crippen molar-refractivity contribution >= 4 is 17.3 Å². The van der Waals surface area contributed by atoms with E-state index in [0.717, 1.165) is 12.0 Å². The number of halogens is 1. The first-order valence-electron chi connectivity index (χ1n) is 10.4. The highest BCUT2D eigenvalue weighted by atomic mass is 19.1. The standard InChI is InChI=1S/C23H30FN3O4/c1-14-8-9-17(16(24)13-14)25-20-15(2)22(29)27-10-6-7-18(27)19(20)21(28)26-31-12-11-30-23(3,4)5/h8-9,13,25H,6-7,10-12H2,1-5H3,(H,26,28). The van der Waals surface area contributed by atoms with Crippen LogP contribution in [0.1, 0.15) is 54.4 Å². The summed E-state index contributed by atoms with van der Waals surface area (Å²) in [4.78, 5) is 31.2. The number of aromatic nitrogens is 1. The molecular formula is C23H30FN3O4. The fourth-order valence-corrected chi connectivity index (χ4v) is 3.61. The highest BCUT2D eigenvalue weighted by Crippen LogP contribution is 2.30. The summed E-state index contributed by atoms with van der Waals surface area (Å²) in [6, 6.07) is 4.76. The van der Waals surface area contributed by atoms with Crippen molar-refractivity contribution in [2.24, 2.45) is 0 Å². The molecule has 0 aliphatic carbocycles. The second-order valence-electron chi connectivity index (χ2n) is 8.73. The number of hydrogen-bond acceptors (Lipinski definition) is 5. The van der Waals surface area contributed by atoms with Crippen molar-refractivity contribution in [1.82, 2.24) is 10.0 Å². The Bertz CT molecular complexity index is 1040. The fraction of sp³-hybridized carbons (Fsp3) is 0.478. The lowest BCUT2D eigenvalue weighted by molar-refractivity contribution is -0.0511. The van der Waals surface area contributed by atoms with Gasteiger partial charge in [0, 0.05) is 17.8 Å². The quantitative estimate of drug-likeness (QED) is 0.515. The zero-order chi connectivity index (χ0) is 22.8. The molecule has 1 aromatic carbocycles. The van der Waals surface area contributed by atoms with E-state index in [1.54, 1.807) is 30.5 Å². The number of nitrogens with one attached hydrogen (secondary N) is 2. The summed E-state index contributed by atoms with van der Waals surface area (Å²) in [6.45, 7) is 10.3. The number of aryl methyl sites for hydroxylation is 1. The number of fused-ring (bicyclic) bond motifs is 1. The summed E-state index contributed by atoms with van der Waals surface area (Å²) in [5, 5.41) is 2.98. The minimum absolute atomic E-state index is 0.173. The first-order chi connectivity index (χ1) is 14.6. The summed E-state index contributed by atoms with van der Waals surface area (Å²) in [7, 11) is 0. The molecule has 0 unspecified atom stereocenters. The minimum Gasteiger partial charge on any atom is -0.373 e. The summed E-state index contributed by atoms with van der Waals surface area (Å²) in [6.07, 6.45) is 1.34. The lowest BCUT2D eigenvalue weighted by atomic mass is 10.0. The van der Waals surface area contributed by atoms with E-state index in [2.05, 4.69) is 10.8 Å². The third-order valence-corrected chi connectivity index (χ3v) is 5.10. The summed E-state index contributed by atoms with van der Waals surface area (Å²) < 4.78 is 21.7. The maximum atomic E-state index is 14.5. The molecule has 31 heavy (non-hydrogen) atoms. The molecule has 0 spiro atoms. The Morgan fingerprint density at radius 3 is 2.65 bits per heavy atom. The average Bonchev–Trinajstić information content (AvgIpc) is 3.16. The van der Waals surface area contributed by atoms with Crippen LogP contribution >= 0.6 is 0 Å².